The molecule has 0 atom stereocenters. The van der Waals surface area contributed by atoms with E-state index in [-0.39, 0.29) is 22.6 Å². The number of hydrogen-bond acceptors (Lipinski definition) is 6. The first-order valence-electron chi connectivity index (χ1n) is 8.67. The largest absolute Gasteiger partial charge is 0.351 e. The molecule has 0 spiro atoms. The predicted octanol–water partition coefficient (Wildman–Crippen LogP) is 3.82. The van der Waals surface area contributed by atoms with E-state index in [4.69, 9.17) is 0 Å². The van der Waals surface area contributed by atoms with Gasteiger partial charge in [0.05, 0.1) is 5.75 Å². The normalized spacial score (nSPS) is 10.5. The molecule has 0 unspecified atom stereocenters. The molecule has 0 saturated carbocycles. The fourth-order valence-corrected chi connectivity index (χ4v) is 4.03. The zero-order chi connectivity index (χ0) is 19.9. The molecule has 0 bridgehead atoms. The van der Waals surface area contributed by atoms with Crippen LogP contribution in [0, 0.1) is 13.8 Å². The summed E-state index contributed by atoms with van der Waals surface area (Å²) in [5.41, 5.74) is 3.93. The molecule has 6 nitrogen and oxygen atoms in total. The van der Waals surface area contributed by atoms with Crippen LogP contribution in [0.4, 0.5) is 5.69 Å². The highest BCUT2D eigenvalue weighted by molar-refractivity contribution is 8.01. The van der Waals surface area contributed by atoms with E-state index in [2.05, 4.69) is 20.8 Å². The van der Waals surface area contributed by atoms with Crippen LogP contribution in [-0.4, -0.2) is 27.8 Å². The molecule has 8 heteroatoms. The highest BCUT2D eigenvalue weighted by Gasteiger charge is 2.15. The number of amides is 2. The summed E-state index contributed by atoms with van der Waals surface area (Å²) in [5.74, 6) is -0.171. The van der Waals surface area contributed by atoms with Crippen molar-refractivity contribution in [1.82, 2.24) is 15.5 Å². The van der Waals surface area contributed by atoms with Crippen molar-refractivity contribution < 1.29 is 9.59 Å². The Morgan fingerprint density at radius 3 is 2.68 bits per heavy atom. The van der Waals surface area contributed by atoms with Gasteiger partial charge in [-0.05, 0) is 31.0 Å². The molecule has 0 aliphatic heterocycles. The molecule has 0 aliphatic rings. The quantitative estimate of drug-likeness (QED) is 0.577. The van der Waals surface area contributed by atoms with E-state index in [9.17, 15) is 9.59 Å². The highest BCUT2D eigenvalue weighted by atomic mass is 32.2. The molecule has 1 aromatic heterocycles. The van der Waals surface area contributed by atoms with Crippen LogP contribution in [0.1, 0.15) is 26.5 Å². The van der Waals surface area contributed by atoms with E-state index in [1.54, 1.807) is 0 Å². The molecule has 2 amide bonds. The molecule has 0 aliphatic carbocycles. The van der Waals surface area contributed by atoms with Gasteiger partial charge in [0.15, 0.2) is 4.34 Å². The monoisotopic (exact) mass is 412 g/mol. The molecule has 144 valence electrons. The first-order chi connectivity index (χ1) is 13.5. The first-order valence-corrected chi connectivity index (χ1v) is 10.5. The minimum Gasteiger partial charge on any atom is -0.351 e. The second-order valence-electron chi connectivity index (χ2n) is 6.20. The number of para-hydroxylation sites is 1. The lowest BCUT2D eigenvalue weighted by molar-refractivity contribution is -0.118. The number of hydrogen-bond donors (Lipinski definition) is 2. The van der Waals surface area contributed by atoms with Crippen molar-refractivity contribution in [2.75, 3.05) is 11.1 Å². The van der Waals surface area contributed by atoms with E-state index in [0.29, 0.717) is 10.9 Å². The van der Waals surface area contributed by atoms with Crippen LogP contribution in [0.5, 0.6) is 0 Å². The van der Waals surface area contributed by atoms with E-state index in [0.717, 1.165) is 22.4 Å². The average Bonchev–Trinajstić information content (AvgIpc) is 3.16. The Bertz CT molecular complexity index is 988. The second kappa shape index (κ2) is 9.48. The van der Waals surface area contributed by atoms with Gasteiger partial charge < -0.3 is 10.6 Å². The summed E-state index contributed by atoms with van der Waals surface area (Å²) in [4.78, 5) is 24.4. The summed E-state index contributed by atoms with van der Waals surface area (Å²) in [7, 11) is 0. The second-order valence-corrected chi connectivity index (χ2v) is 8.40. The number of benzene rings is 2. The van der Waals surface area contributed by atoms with Crippen molar-refractivity contribution >= 4 is 40.6 Å². The summed E-state index contributed by atoms with van der Waals surface area (Å²) >= 11 is 2.44. The van der Waals surface area contributed by atoms with Crippen LogP contribution in [0.2, 0.25) is 0 Å². The highest BCUT2D eigenvalue weighted by Crippen LogP contribution is 2.23. The maximum atomic E-state index is 12.3. The number of aryl methyl sites for hydroxylation is 2. The molecule has 2 N–H and O–H groups in total. The smallest absolute Gasteiger partial charge is 0.286 e. The molecule has 3 aromatic rings. The molecular formula is C20H20N4O2S2. The van der Waals surface area contributed by atoms with Gasteiger partial charge in [-0.15, -0.1) is 10.2 Å². The fourth-order valence-electron chi connectivity index (χ4n) is 2.45. The molecule has 2 aromatic carbocycles. The number of thioether (sulfide) groups is 1. The Labute approximate surface area is 171 Å². The molecular weight excluding hydrogens is 392 g/mol. The lowest BCUT2D eigenvalue weighted by Crippen LogP contribution is -2.24. The van der Waals surface area contributed by atoms with Gasteiger partial charge in [-0.1, -0.05) is 71.1 Å². The number of carbonyl (C=O) groups is 2. The van der Waals surface area contributed by atoms with Crippen molar-refractivity contribution in [3.8, 4) is 0 Å². The molecule has 0 fully saturated rings. The summed E-state index contributed by atoms with van der Waals surface area (Å²) in [6.07, 6.45) is 0. The third kappa shape index (κ3) is 5.64. The molecule has 1 heterocycles. The zero-order valence-electron chi connectivity index (χ0n) is 15.6. The Balaban J connectivity index is 1.48. The van der Waals surface area contributed by atoms with Crippen molar-refractivity contribution in [2.24, 2.45) is 0 Å². The SMILES string of the molecule is Cc1cccc(CNC(=O)CSc2nnc(C(=O)Nc3ccccc3C)s2)c1. The number of nitrogens with one attached hydrogen (secondary N) is 2. The number of rotatable bonds is 7. The van der Waals surface area contributed by atoms with Gasteiger partial charge in [0.25, 0.3) is 5.91 Å². The predicted molar refractivity (Wildman–Crippen MR) is 113 cm³/mol. The van der Waals surface area contributed by atoms with Crippen molar-refractivity contribution in [1.29, 1.82) is 0 Å². The minimum absolute atomic E-state index is 0.0902. The Morgan fingerprint density at radius 2 is 1.89 bits per heavy atom. The van der Waals surface area contributed by atoms with E-state index in [1.165, 1.54) is 23.1 Å². The number of nitrogens with zero attached hydrogens (tertiary/aromatic N) is 2. The van der Waals surface area contributed by atoms with Crippen molar-refractivity contribution in [2.45, 2.75) is 24.7 Å². The summed E-state index contributed by atoms with van der Waals surface area (Å²) in [6.45, 7) is 4.43. The van der Waals surface area contributed by atoms with E-state index < -0.39 is 0 Å². The maximum Gasteiger partial charge on any atom is 0.286 e. The summed E-state index contributed by atoms with van der Waals surface area (Å²) < 4.78 is 0.584. The average molecular weight is 413 g/mol. The van der Waals surface area contributed by atoms with Gasteiger partial charge >= 0.3 is 0 Å². The van der Waals surface area contributed by atoms with Crippen LogP contribution in [0.25, 0.3) is 0 Å². The number of carbonyl (C=O) groups excluding carboxylic acids is 2. The zero-order valence-corrected chi connectivity index (χ0v) is 17.2. The number of anilines is 1. The van der Waals surface area contributed by atoms with Gasteiger partial charge in [0.1, 0.15) is 0 Å². The Hall–Kier alpha value is -2.71. The summed E-state index contributed by atoms with van der Waals surface area (Å²) in [5, 5.41) is 13.9. The third-order valence-electron chi connectivity index (χ3n) is 3.89. The van der Waals surface area contributed by atoms with E-state index in [1.807, 2.05) is 62.4 Å². The van der Waals surface area contributed by atoms with Crippen molar-refractivity contribution in [3.63, 3.8) is 0 Å². The first kappa shape index (κ1) is 20.0. The Morgan fingerprint density at radius 1 is 1.07 bits per heavy atom. The van der Waals surface area contributed by atoms with E-state index >= 15 is 0 Å². The summed E-state index contributed by atoms with van der Waals surface area (Å²) in [6, 6.07) is 15.5. The molecule has 0 radical (unpaired) electrons. The van der Waals surface area contributed by atoms with Crippen LogP contribution in [0.15, 0.2) is 52.9 Å². The number of aromatic nitrogens is 2. The molecule has 0 saturated heterocycles. The Kier molecular flexibility index (Phi) is 6.78. The van der Waals surface area contributed by atoms with Crippen LogP contribution in [-0.2, 0) is 11.3 Å². The third-order valence-corrected chi connectivity index (χ3v) is 5.95. The molecule has 3 rings (SSSR count). The van der Waals surface area contributed by atoms with Gasteiger partial charge in [0.2, 0.25) is 10.9 Å². The maximum absolute atomic E-state index is 12.3. The van der Waals surface area contributed by atoms with Crippen molar-refractivity contribution in [3.05, 3.63) is 70.2 Å². The fraction of sp³-hybridized carbons (Fsp3) is 0.200. The lowest BCUT2D eigenvalue weighted by Gasteiger charge is -2.05. The lowest BCUT2D eigenvalue weighted by atomic mass is 10.1. The minimum atomic E-state index is -0.303. The van der Waals surface area contributed by atoms with Crippen LogP contribution >= 0.6 is 23.1 Å². The topological polar surface area (TPSA) is 84.0 Å². The van der Waals surface area contributed by atoms with Gasteiger partial charge in [-0.25, -0.2) is 0 Å². The van der Waals surface area contributed by atoms with Gasteiger partial charge in [-0.3, -0.25) is 9.59 Å². The van der Waals surface area contributed by atoms with Gasteiger partial charge in [0, 0.05) is 12.2 Å². The van der Waals surface area contributed by atoms with Crippen LogP contribution in [0.3, 0.4) is 0 Å². The molecule has 28 heavy (non-hydrogen) atoms. The standard InChI is InChI=1S/C20H20N4O2S2/c1-13-6-5-8-15(10-13)11-21-17(25)12-27-20-24-23-19(28-20)18(26)22-16-9-4-3-7-14(16)2/h3-10H,11-12H2,1-2H3,(H,21,25)(H,22,26). The van der Waals surface area contributed by atoms with Gasteiger partial charge in [-0.2, -0.15) is 0 Å². The van der Waals surface area contributed by atoms with Crippen LogP contribution < -0.4 is 10.6 Å².